The van der Waals surface area contributed by atoms with E-state index in [1.165, 1.54) is 23.7 Å². The molecule has 2 amide bonds. The van der Waals surface area contributed by atoms with E-state index in [0.29, 0.717) is 31.1 Å². The number of fused-ring (bicyclic) bond motifs is 1. The van der Waals surface area contributed by atoms with Crippen LogP contribution in [0.1, 0.15) is 54.9 Å². The van der Waals surface area contributed by atoms with Crippen molar-refractivity contribution in [1.82, 2.24) is 19.6 Å². The van der Waals surface area contributed by atoms with Crippen molar-refractivity contribution in [1.29, 1.82) is 0 Å². The SMILES string of the molecule is C[C@H](NC(=O)c1c(CN2CCN(Cl)CC2=O)c(-c2cccs2)nc2ccccc12)C1CCCCC1. The third-order valence-electron chi connectivity index (χ3n) is 7.31. The molecule has 1 atom stereocenters. The average molecular weight is 511 g/mol. The molecule has 2 aromatic heterocycles. The lowest BCUT2D eigenvalue weighted by molar-refractivity contribution is -0.134. The summed E-state index contributed by atoms with van der Waals surface area (Å²) in [6, 6.07) is 11.9. The normalized spacial score (nSPS) is 18.7. The first-order valence-electron chi connectivity index (χ1n) is 12.5. The van der Waals surface area contributed by atoms with Gasteiger partial charge in [-0.25, -0.2) is 9.40 Å². The number of aromatic nitrogens is 1. The van der Waals surface area contributed by atoms with Crippen molar-refractivity contribution < 1.29 is 9.59 Å². The molecule has 5 rings (SSSR count). The molecule has 2 fully saturated rings. The first kappa shape index (κ1) is 24.2. The number of pyridine rings is 1. The van der Waals surface area contributed by atoms with Gasteiger partial charge in [0.25, 0.3) is 5.91 Å². The van der Waals surface area contributed by atoms with Gasteiger partial charge in [-0.3, -0.25) is 9.59 Å². The molecule has 6 nitrogen and oxygen atoms in total. The molecule has 1 saturated carbocycles. The van der Waals surface area contributed by atoms with Crippen LogP contribution in [0.3, 0.4) is 0 Å². The third-order valence-corrected chi connectivity index (χ3v) is 8.48. The van der Waals surface area contributed by atoms with Crippen LogP contribution in [0, 0.1) is 5.92 Å². The fourth-order valence-electron chi connectivity index (χ4n) is 5.35. The van der Waals surface area contributed by atoms with Crippen molar-refractivity contribution in [3.8, 4) is 10.6 Å². The monoisotopic (exact) mass is 510 g/mol. The van der Waals surface area contributed by atoms with E-state index in [-0.39, 0.29) is 24.4 Å². The molecule has 2 aliphatic rings. The lowest BCUT2D eigenvalue weighted by atomic mass is 9.84. The second-order valence-corrected chi connectivity index (χ2v) is 11.1. The highest BCUT2D eigenvalue weighted by Crippen LogP contribution is 2.34. The Morgan fingerprint density at radius 3 is 2.71 bits per heavy atom. The molecule has 1 N–H and O–H groups in total. The summed E-state index contributed by atoms with van der Waals surface area (Å²) in [6.07, 6.45) is 6.05. The van der Waals surface area contributed by atoms with Gasteiger partial charge >= 0.3 is 0 Å². The van der Waals surface area contributed by atoms with Crippen molar-refractivity contribution in [3.63, 3.8) is 0 Å². The van der Waals surface area contributed by atoms with Gasteiger partial charge in [0.15, 0.2) is 0 Å². The van der Waals surface area contributed by atoms with Crippen LogP contribution in [0.5, 0.6) is 0 Å². The highest BCUT2D eigenvalue weighted by atomic mass is 35.5. The van der Waals surface area contributed by atoms with Crippen LogP contribution < -0.4 is 5.32 Å². The lowest BCUT2D eigenvalue weighted by Gasteiger charge is -2.32. The van der Waals surface area contributed by atoms with E-state index in [1.807, 2.05) is 41.8 Å². The summed E-state index contributed by atoms with van der Waals surface area (Å²) in [5, 5.41) is 6.16. The molecule has 1 aromatic carbocycles. The molecule has 0 unspecified atom stereocenters. The number of benzene rings is 1. The Labute approximate surface area is 215 Å². The number of rotatable bonds is 6. The predicted molar refractivity (Wildman–Crippen MR) is 141 cm³/mol. The Hall–Kier alpha value is -2.48. The number of nitrogens with zero attached hydrogens (tertiary/aromatic N) is 3. The maximum atomic E-state index is 14.0. The van der Waals surface area contributed by atoms with Gasteiger partial charge in [-0.15, -0.1) is 11.3 Å². The maximum absolute atomic E-state index is 14.0. The Bertz CT molecular complexity index is 1210. The van der Waals surface area contributed by atoms with Gasteiger partial charge in [-0.05, 0) is 55.0 Å². The number of carbonyl (C=O) groups is 2. The highest BCUT2D eigenvalue weighted by Gasteiger charge is 2.30. The van der Waals surface area contributed by atoms with Crippen molar-refractivity contribution in [3.05, 3.63) is 52.9 Å². The second kappa shape index (κ2) is 10.6. The predicted octanol–water partition coefficient (Wildman–Crippen LogP) is 5.46. The van der Waals surface area contributed by atoms with Crippen LogP contribution in [0.15, 0.2) is 41.8 Å². The van der Waals surface area contributed by atoms with Gasteiger partial charge < -0.3 is 10.2 Å². The molecule has 1 aliphatic carbocycles. The fraction of sp³-hybridized carbons (Fsp3) is 0.444. The fourth-order valence-corrected chi connectivity index (χ4v) is 6.27. The molecular weight excluding hydrogens is 480 g/mol. The van der Waals surface area contributed by atoms with Crippen LogP contribution in [0.4, 0.5) is 0 Å². The molecule has 0 radical (unpaired) electrons. The summed E-state index contributed by atoms with van der Waals surface area (Å²) in [4.78, 5) is 34.6. The van der Waals surface area contributed by atoms with E-state index in [2.05, 4.69) is 12.2 Å². The van der Waals surface area contributed by atoms with Crippen molar-refractivity contribution in [2.45, 2.75) is 51.6 Å². The maximum Gasteiger partial charge on any atom is 0.252 e. The minimum Gasteiger partial charge on any atom is -0.349 e. The van der Waals surface area contributed by atoms with Crippen molar-refractivity contribution in [2.24, 2.45) is 5.92 Å². The smallest absolute Gasteiger partial charge is 0.252 e. The summed E-state index contributed by atoms with van der Waals surface area (Å²) < 4.78 is 1.51. The Kier molecular flexibility index (Phi) is 7.37. The van der Waals surface area contributed by atoms with Gasteiger partial charge in [0, 0.05) is 36.6 Å². The van der Waals surface area contributed by atoms with Crippen LogP contribution in [0.25, 0.3) is 21.5 Å². The molecule has 3 aromatic rings. The zero-order chi connectivity index (χ0) is 24.4. The van der Waals surface area contributed by atoms with E-state index in [0.717, 1.165) is 39.9 Å². The zero-order valence-corrected chi connectivity index (χ0v) is 21.6. The number of amides is 2. The first-order chi connectivity index (χ1) is 17.0. The topological polar surface area (TPSA) is 65.5 Å². The summed E-state index contributed by atoms with van der Waals surface area (Å²) in [5.74, 6) is 0.371. The van der Waals surface area contributed by atoms with E-state index in [1.54, 1.807) is 16.2 Å². The average Bonchev–Trinajstić information content (AvgIpc) is 3.40. The number of carbonyl (C=O) groups excluding carboxylic acids is 2. The van der Waals surface area contributed by atoms with Crippen molar-refractivity contribution >= 4 is 45.8 Å². The van der Waals surface area contributed by atoms with E-state index >= 15 is 0 Å². The van der Waals surface area contributed by atoms with Crippen LogP contribution in [-0.4, -0.2) is 51.8 Å². The molecule has 35 heavy (non-hydrogen) atoms. The minimum atomic E-state index is -0.0853. The third kappa shape index (κ3) is 5.22. The number of hydrogen-bond acceptors (Lipinski definition) is 5. The summed E-state index contributed by atoms with van der Waals surface area (Å²) in [6.45, 7) is 3.72. The quantitative estimate of drug-likeness (QED) is 0.447. The second-order valence-electron chi connectivity index (χ2n) is 9.63. The standard InChI is InChI=1S/C27H31ClN4O2S/c1-18(19-8-3-2-4-9-19)29-27(34)25-20-10-5-6-11-22(20)30-26(23-12-7-15-35-23)21(25)16-31-13-14-32(28)17-24(31)33/h5-7,10-12,15,18-19H,2-4,8-9,13-14,16-17H2,1H3,(H,29,34)/t18-/m0/s1. The van der Waals surface area contributed by atoms with Crippen LogP contribution in [0.2, 0.25) is 0 Å². The Morgan fingerprint density at radius 2 is 1.97 bits per heavy atom. The number of para-hydroxylation sites is 1. The minimum absolute atomic E-state index is 0.0431. The summed E-state index contributed by atoms with van der Waals surface area (Å²) in [5.41, 5.74) is 2.99. The lowest BCUT2D eigenvalue weighted by Crippen LogP contribution is -2.47. The summed E-state index contributed by atoms with van der Waals surface area (Å²) in [7, 11) is 0. The molecule has 1 saturated heterocycles. The van der Waals surface area contributed by atoms with Crippen LogP contribution in [-0.2, 0) is 11.3 Å². The molecule has 3 heterocycles. The van der Waals surface area contributed by atoms with Gasteiger partial charge in [0.2, 0.25) is 5.91 Å². The largest absolute Gasteiger partial charge is 0.349 e. The Morgan fingerprint density at radius 1 is 1.17 bits per heavy atom. The van der Waals surface area contributed by atoms with Gasteiger partial charge in [0.1, 0.15) is 0 Å². The zero-order valence-electron chi connectivity index (χ0n) is 20.0. The molecular formula is C27H31ClN4O2S. The van der Waals surface area contributed by atoms with Crippen molar-refractivity contribution in [2.75, 3.05) is 19.6 Å². The van der Waals surface area contributed by atoms with Crippen LogP contribution >= 0.6 is 23.1 Å². The molecule has 0 spiro atoms. The van der Waals surface area contributed by atoms with Gasteiger partial charge in [0.05, 0.1) is 28.2 Å². The molecule has 184 valence electrons. The Balaban J connectivity index is 1.59. The van der Waals surface area contributed by atoms with E-state index in [4.69, 9.17) is 16.8 Å². The molecule has 8 heteroatoms. The number of hydrogen-bond donors (Lipinski definition) is 1. The first-order valence-corrected chi connectivity index (χ1v) is 13.7. The number of nitrogens with one attached hydrogen (secondary N) is 1. The number of thiophene rings is 1. The van der Waals surface area contributed by atoms with E-state index in [9.17, 15) is 9.59 Å². The molecule has 0 bridgehead atoms. The van der Waals surface area contributed by atoms with E-state index < -0.39 is 0 Å². The summed E-state index contributed by atoms with van der Waals surface area (Å²) >= 11 is 7.69. The highest BCUT2D eigenvalue weighted by molar-refractivity contribution is 7.13. The van der Waals surface area contributed by atoms with Gasteiger partial charge in [-0.1, -0.05) is 43.5 Å². The number of piperazine rings is 1. The molecule has 1 aliphatic heterocycles. The van der Waals surface area contributed by atoms with Gasteiger partial charge in [-0.2, -0.15) is 0 Å². The number of halogens is 1.